The molecule has 0 amide bonds. The summed E-state index contributed by atoms with van der Waals surface area (Å²) < 4.78 is 11.9. The van der Waals surface area contributed by atoms with Gasteiger partial charge >= 0.3 is 0 Å². The van der Waals surface area contributed by atoms with Crippen molar-refractivity contribution >= 4 is 28.4 Å². The summed E-state index contributed by atoms with van der Waals surface area (Å²) in [4.78, 5) is 6.66. The number of halogens is 1. The molecule has 1 fully saturated rings. The molecule has 16 heavy (non-hydrogen) atoms. The molecule has 1 aliphatic heterocycles. The van der Waals surface area contributed by atoms with Gasteiger partial charge in [0.05, 0.1) is 19.3 Å². The number of pyridine rings is 1. The first kappa shape index (κ1) is 12.1. The van der Waals surface area contributed by atoms with Gasteiger partial charge in [-0.05, 0) is 34.7 Å². The monoisotopic (exact) mass is 334 g/mol. The van der Waals surface area contributed by atoms with E-state index in [-0.39, 0.29) is 6.10 Å². The van der Waals surface area contributed by atoms with Gasteiger partial charge in [-0.25, -0.2) is 4.98 Å². The Labute approximate surface area is 109 Å². The van der Waals surface area contributed by atoms with Crippen LogP contribution in [-0.4, -0.2) is 44.5 Å². The van der Waals surface area contributed by atoms with Crippen LogP contribution in [0.25, 0.3) is 0 Å². The first-order chi connectivity index (χ1) is 7.79. The van der Waals surface area contributed by atoms with Crippen LogP contribution in [0, 0.1) is 3.57 Å². The molecule has 1 aromatic rings. The first-order valence-corrected chi connectivity index (χ1v) is 6.34. The fourth-order valence-corrected chi connectivity index (χ4v) is 2.09. The van der Waals surface area contributed by atoms with Crippen LogP contribution in [0.3, 0.4) is 0 Å². The second-order valence-electron chi connectivity index (χ2n) is 3.73. The zero-order valence-electron chi connectivity index (χ0n) is 9.23. The van der Waals surface area contributed by atoms with Gasteiger partial charge < -0.3 is 14.4 Å². The van der Waals surface area contributed by atoms with Crippen molar-refractivity contribution in [2.24, 2.45) is 0 Å². The molecule has 4 nitrogen and oxygen atoms in total. The molecule has 1 aliphatic rings. The summed E-state index contributed by atoms with van der Waals surface area (Å²) in [5.74, 6) is 1.02. The highest BCUT2D eigenvalue weighted by atomic mass is 127. The maximum atomic E-state index is 5.60. The molecule has 2 heterocycles. The molecule has 0 aromatic carbocycles. The van der Waals surface area contributed by atoms with E-state index in [0.29, 0.717) is 6.61 Å². The van der Waals surface area contributed by atoms with Crippen LogP contribution in [0.1, 0.15) is 0 Å². The number of hydrogen-bond donors (Lipinski definition) is 0. The van der Waals surface area contributed by atoms with E-state index in [2.05, 4.69) is 44.6 Å². The molecule has 0 saturated carbocycles. The molecule has 88 valence electrons. The maximum absolute atomic E-state index is 5.60. The van der Waals surface area contributed by atoms with E-state index in [1.165, 1.54) is 0 Å². The van der Waals surface area contributed by atoms with Crippen LogP contribution in [0.2, 0.25) is 0 Å². The van der Waals surface area contributed by atoms with Crippen molar-refractivity contribution in [1.29, 1.82) is 0 Å². The SMILES string of the molecule is COC[C@H]1CN(c2ccc(I)cn2)CCO1. The summed E-state index contributed by atoms with van der Waals surface area (Å²) in [5, 5.41) is 0. The molecular formula is C11H15IN2O2. The van der Waals surface area contributed by atoms with Crippen molar-refractivity contribution in [3.8, 4) is 0 Å². The number of aromatic nitrogens is 1. The van der Waals surface area contributed by atoms with Gasteiger partial charge in [-0.15, -0.1) is 0 Å². The number of nitrogens with zero attached hydrogens (tertiary/aromatic N) is 2. The van der Waals surface area contributed by atoms with E-state index in [0.717, 1.165) is 29.1 Å². The summed E-state index contributed by atoms with van der Waals surface area (Å²) in [6.07, 6.45) is 2.04. The zero-order valence-corrected chi connectivity index (χ0v) is 11.4. The second kappa shape index (κ2) is 5.79. The van der Waals surface area contributed by atoms with E-state index in [1.54, 1.807) is 7.11 Å². The molecule has 0 unspecified atom stereocenters. The van der Waals surface area contributed by atoms with Crippen LogP contribution < -0.4 is 4.90 Å². The highest BCUT2D eigenvalue weighted by molar-refractivity contribution is 14.1. The maximum Gasteiger partial charge on any atom is 0.128 e. The van der Waals surface area contributed by atoms with E-state index >= 15 is 0 Å². The van der Waals surface area contributed by atoms with Gasteiger partial charge in [0.15, 0.2) is 0 Å². The summed E-state index contributed by atoms with van der Waals surface area (Å²) in [5.41, 5.74) is 0. The molecule has 1 atom stereocenters. The lowest BCUT2D eigenvalue weighted by atomic mass is 10.3. The van der Waals surface area contributed by atoms with Crippen molar-refractivity contribution < 1.29 is 9.47 Å². The Bertz CT molecular complexity index is 329. The topological polar surface area (TPSA) is 34.6 Å². The zero-order chi connectivity index (χ0) is 11.4. The molecule has 2 rings (SSSR count). The minimum Gasteiger partial charge on any atom is -0.382 e. The van der Waals surface area contributed by atoms with E-state index in [4.69, 9.17) is 9.47 Å². The van der Waals surface area contributed by atoms with Crippen molar-refractivity contribution in [2.45, 2.75) is 6.10 Å². The fourth-order valence-electron chi connectivity index (χ4n) is 1.77. The van der Waals surface area contributed by atoms with Gasteiger partial charge in [0.25, 0.3) is 0 Å². The van der Waals surface area contributed by atoms with Crippen molar-refractivity contribution in [3.05, 3.63) is 21.9 Å². The van der Waals surface area contributed by atoms with Crippen LogP contribution in [-0.2, 0) is 9.47 Å². The largest absolute Gasteiger partial charge is 0.382 e. The number of anilines is 1. The molecule has 0 radical (unpaired) electrons. The molecule has 0 aliphatic carbocycles. The summed E-state index contributed by atoms with van der Waals surface area (Å²) in [6.45, 7) is 3.12. The highest BCUT2D eigenvalue weighted by Gasteiger charge is 2.21. The van der Waals surface area contributed by atoms with Crippen molar-refractivity contribution in [2.75, 3.05) is 38.3 Å². The summed E-state index contributed by atoms with van der Waals surface area (Å²) in [7, 11) is 1.70. The quantitative estimate of drug-likeness (QED) is 0.786. The molecular weight excluding hydrogens is 319 g/mol. The third kappa shape index (κ3) is 3.05. The molecule has 1 aromatic heterocycles. The van der Waals surface area contributed by atoms with Gasteiger partial charge in [-0.2, -0.15) is 0 Å². The second-order valence-corrected chi connectivity index (χ2v) is 4.97. The number of morpholine rings is 1. The van der Waals surface area contributed by atoms with Gasteiger partial charge in [0.1, 0.15) is 5.82 Å². The van der Waals surface area contributed by atoms with Crippen LogP contribution in [0.4, 0.5) is 5.82 Å². The number of methoxy groups -OCH3 is 1. The minimum absolute atomic E-state index is 0.153. The Morgan fingerprint density at radius 1 is 1.62 bits per heavy atom. The third-order valence-corrected chi connectivity index (χ3v) is 3.17. The lowest BCUT2D eigenvalue weighted by Crippen LogP contribution is -2.44. The predicted octanol–water partition coefficient (Wildman–Crippen LogP) is 1.54. The average Bonchev–Trinajstić information content (AvgIpc) is 2.31. The smallest absolute Gasteiger partial charge is 0.128 e. The fraction of sp³-hybridized carbons (Fsp3) is 0.545. The lowest BCUT2D eigenvalue weighted by molar-refractivity contribution is -0.0102. The highest BCUT2D eigenvalue weighted by Crippen LogP contribution is 2.16. The van der Waals surface area contributed by atoms with Gasteiger partial charge in [-0.3, -0.25) is 0 Å². The third-order valence-electron chi connectivity index (χ3n) is 2.53. The average molecular weight is 334 g/mol. The standard InChI is InChI=1S/C11H15IN2O2/c1-15-8-10-7-14(4-5-16-10)11-3-2-9(12)6-13-11/h2-3,6,10H,4-5,7-8H2,1H3/t10-/m1/s1. The van der Waals surface area contributed by atoms with Gasteiger partial charge in [0.2, 0.25) is 0 Å². The van der Waals surface area contributed by atoms with Crippen LogP contribution in [0.5, 0.6) is 0 Å². The predicted molar refractivity (Wildman–Crippen MR) is 70.8 cm³/mol. The first-order valence-electron chi connectivity index (χ1n) is 5.26. The van der Waals surface area contributed by atoms with Crippen LogP contribution >= 0.6 is 22.6 Å². The molecule has 0 bridgehead atoms. The van der Waals surface area contributed by atoms with E-state index in [1.807, 2.05) is 6.20 Å². The molecule has 0 N–H and O–H groups in total. The summed E-state index contributed by atoms with van der Waals surface area (Å²) in [6, 6.07) is 4.13. The van der Waals surface area contributed by atoms with Gasteiger partial charge in [0, 0.05) is 30.0 Å². The number of hydrogen-bond acceptors (Lipinski definition) is 4. The molecule has 0 spiro atoms. The lowest BCUT2D eigenvalue weighted by Gasteiger charge is -2.33. The van der Waals surface area contributed by atoms with Crippen molar-refractivity contribution in [3.63, 3.8) is 0 Å². The van der Waals surface area contributed by atoms with E-state index in [9.17, 15) is 0 Å². The number of ether oxygens (including phenoxy) is 2. The van der Waals surface area contributed by atoms with E-state index < -0.39 is 0 Å². The Kier molecular flexibility index (Phi) is 4.37. The number of rotatable bonds is 3. The Balaban J connectivity index is 2.01. The van der Waals surface area contributed by atoms with Crippen molar-refractivity contribution in [1.82, 2.24) is 4.98 Å². The Morgan fingerprint density at radius 3 is 3.19 bits per heavy atom. The van der Waals surface area contributed by atoms with Crippen LogP contribution in [0.15, 0.2) is 18.3 Å². The summed E-state index contributed by atoms with van der Waals surface area (Å²) >= 11 is 2.26. The molecule has 1 saturated heterocycles. The molecule has 5 heteroatoms. The van der Waals surface area contributed by atoms with Gasteiger partial charge in [-0.1, -0.05) is 0 Å². The normalized spacial score (nSPS) is 21.1. The minimum atomic E-state index is 0.153. The Hall–Kier alpha value is -0.400. The Morgan fingerprint density at radius 2 is 2.50 bits per heavy atom.